The van der Waals surface area contributed by atoms with Crippen LogP contribution in [0.1, 0.15) is 108 Å². The number of pyridine rings is 3. The zero-order valence-electron chi connectivity index (χ0n) is 53.5. The summed E-state index contributed by atoms with van der Waals surface area (Å²) in [5.41, 5.74) is 9.74. The third-order valence-electron chi connectivity index (χ3n) is 22.1. The highest BCUT2D eigenvalue weighted by atomic mass is 79.9. The van der Waals surface area contributed by atoms with E-state index in [-0.39, 0.29) is 40.6 Å². The Morgan fingerprint density at radius 3 is 1.20 bits per heavy atom. The second kappa shape index (κ2) is 25.9. The van der Waals surface area contributed by atoms with Crippen molar-refractivity contribution in [3.63, 3.8) is 0 Å². The molecule has 4 fully saturated rings. The lowest BCUT2D eigenvalue weighted by atomic mass is 9.80. The van der Waals surface area contributed by atoms with Crippen molar-refractivity contribution in [3.8, 4) is 0 Å². The Hall–Kier alpha value is -6.35. The number of nitrogens with zero attached hydrogens (tertiary/aromatic N) is 12. The molecule has 25 heteroatoms. The summed E-state index contributed by atoms with van der Waals surface area (Å²) in [6.07, 6.45) is 18.1. The summed E-state index contributed by atoms with van der Waals surface area (Å²) in [7, 11) is 0. The molecule has 6 N–H and O–H groups in total. The summed E-state index contributed by atoms with van der Waals surface area (Å²) in [5.74, 6) is 1.06. The van der Waals surface area contributed by atoms with Gasteiger partial charge in [0.25, 0.3) is 0 Å². The molecule has 10 heterocycles. The fraction of sp³-hybridized carbons (Fsp3) is 0.338. The Labute approximate surface area is 613 Å². The Morgan fingerprint density at radius 1 is 0.434 bits per heavy atom. The largest absolute Gasteiger partial charge is 0.390 e. The number of rotatable bonds is 6. The number of aryl methyl sites for hydroxylation is 3. The second-order valence-corrected chi connectivity index (χ2v) is 32.5. The highest BCUT2D eigenvalue weighted by Crippen LogP contribution is 2.61. The molecule has 0 amide bonds. The minimum Gasteiger partial charge on any atom is -0.390 e. The van der Waals surface area contributed by atoms with Gasteiger partial charge in [0.2, 0.25) is 0 Å². The third-order valence-corrected chi connectivity index (χ3v) is 27.1. The van der Waals surface area contributed by atoms with E-state index in [0.29, 0.717) is 34.7 Å². The number of aliphatic hydroxyl groups excluding tert-OH is 6. The molecule has 6 aliphatic rings. The Balaban J connectivity index is 0.000000116. The SMILES string of the molecule is Cc1ncnc2c1ccn2[C@@H]1C[C@@]2(C=C[C@@H](c3ccc4cc(Br)c(Cl)nc4c3)C2)[C@@H](O)[C@H]1O.Cc1ncnc2c1ccn2[C@@H]1C[C@@]2(C=C[C@H](c3ccc4cc(Br)c(Cl)nc4c3)C2)[C@@H](O)[C@H]1O.Cc1ncnc2c1ccn2[C@@H]1C[C@@]2(CS[C@H](c3ccc4cc(Br)c(Cl)nc4c3)C2)[C@@H](O)[C@H]1O. The first-order valence-electron chi connectivity index (χ1n) is 32.8. The number of fused-ring (bicyclic) bond motifs is 6. The molecular formula is C74H66Br3Cl3N12O6S. The number of halogens is 6. The summed E-state index contributed by atoms with van der Waals surface area (Å²) in [4.78, 5) is 39.6. The Kier molecular flexibility index (Phi) is 17.5. The molecule has 9 aromatic heterocycles. The number of aliphatic hydroxyl groups is 6. The van der Waals surface area contributed by atoms with Crippen LogP contribution in [0.25, 0.3) is 65.8 Å². The highest BCUT2D eigenvalue weighted by Gasteiger charge is 2.58. The molecular weight excluding hydrogens is 1530 g/mol. The number of benzene rings is 3. The smallest absolute Gasteiger partial charge is 0.143 e. The average Bonchev–Trinajstić information content (AvgIpc) is 1.69. The van der Waals surface area contributed by atoms with Crippen LogP contribution in [0.2, 0.25) is 15.5 Å². The van der Waals surface area contributed by atoms with E-state index in [0.717, 1.165) is 132 Å². The van der Waals surface area contributed by atoms with Crippen LogP contribution in [0.3, 0.4) is 0 Å². The average molecular weight is 1600 g/mol. The molecule has 99 heavy (non-hydrogen) atoms. The maximum atomic E-state index is 11.2. The predicted octanol–water partition coefficient (Wildman–Crippen LogP) is 15.4. The molecule has 1 aliphatic heterocycles. The lowest BCUT2D eigenvalue weighted by molar-refractivity contribution is -0.0204. The van der Waals surface area contributed by atoms with Crippen LogP contribution in [-0.2, 0) is 0 Å². The fourth-order valence-corrected chi connectivity index (χ4v) is 19.9. The van der Waals surface area contributed by atoms with Crippen LogP contribution in [0.4, 0.5) is 0 Å². The molecule has 18 nitrogen and oxygen atoms in total. The van der Waals surface area contributed by atoms with E-state index >= 15 is 0 Å². The van der Waals surface area contributed by atoms with Crippen LogP contribution in [-0.4, -0.2) is 132 Å². The van der Waals surface area contributed by atoms with E-state index in [1.54, 1.807) is 19.0 Å². The van der Waals surface area contributed by atoms with Gasteiger partial charge in [0.05, 0.1) is 83.5 Å². The van der Waals surface area contributed by atoms with Crippen LogP contribution in [0, 0.1) is 37.0 Å². The molecule has 5 aliphatic carbocycles. The Morgan fingerprint density at radius 2 is 0.798 bits per heavy atom. The quantitative estimate of drug-likeness (QED) is 0.0669. The van der Waals surface area contributed by atoms with Crippen molar-refractivity contribution < 1.29 is 30.6 Å². The van der Waals surface area contributed by atoms with Gasteiger partial charge in [-0.1, -0.05) is 95.5 Å². The van der Waals surface area contributed by atoms with Crippen molar-refractivity contribution in [2.24, 2.45) is 16.2 Å². The molecule has 1 saturated heterocycles. The zero-order chi connectivity index (χ0) is 68.7. The first-order chi connectivity index (χ1) is 47.6. The van der Waals surface area contributed by atoms with Gasteiger partial charge in [0.1, 0.15) is 69.7 Å². The van der Waals surface area contributed by atoms with Gasteiger partial charge in [0.15, 0.2) is 0 Å². The molecule has 3 aromatic carbocycles. The predicted molar refractivity (Wildman–Crippen MR) is 397 cm³/mol. The van der Waals surface area contributed by atoms with Crippen LogP contribution < -0.4 is 0 Å². The standard InChI is InChI=1S/2C25H22BrClN4O2.C24H22BrClN4O2S/c2*1-13-17-5-7-31(24(17)29-12-28-13)20-11-25(22(33)21(20)32)6-4-16(10-25)14-2-3-15-8-18(26)23(27)30-19(15)9-14;1-12-15-4-5-30(23(15)28-11-27-12)18-8-24(21(32)20(18)31)9-19(33-10-24)14-3-2-13-6-16(25)22(26)29-17(13)7-14/h2*2-9,12,16,20-22,32-33H,10-11H2,1H3;2-7,11,18-21,31-32H,8-10H2,1H3/t16-,20+,21-,22-,25-;16-,20-,21+,22+,25+;18-,19+,20+,21+,24-/m011/s1. The molecule has 12 aromatic rings. The lowest BCUT2D eigenvalue weighted by Gasteiger charge is -2.27. The van der Waals surface area contributed by atoms with Gasteiger partial charge in [-0.15, -0.1) is 0 Å². The minimum absolute atomic E-state index is 0.130. The van der Waals surface area contributed by atoms with Gasteiger partial charge in [-0.05, 0) is 178 Å². The number of hydrogen-bond acceptors (Lipinski definition) is 16. The summed E-state index contributed by atoms with van der Waals surface area (Å²) < 4.78 is 8.34. The maximum absolute atomic E-state index is 11.2. The normalized spacial score (nSPS) is 29.3. The van der Waals surface area contributed by atoms with E-state index in [4.69, 9.17) is 34.8 Å². The molecule has 0 radical (unpaired) electrons. The zero-order valence-corrected chi connectivity index (χ0v) is 61.4. The molecule has 0 unspecified atom stereocenters. The first kappa shape index (κ1) is 67.2. The third kappa shape index (κ3) is 11.6. The number of hydrogen-bond donors (Lipinski definition) is 6. The van der Waals surface area contributed by atoms with E-state index in [1.807, 2.05) is 113 Å². The first-order valence-corrected chi connectivity index (χ1v) is 37.4. The molecule has 0 bridgehead atoms. The topological polar surface area (TPSA) is 252 Å². The van der Waals surface area contributed by atoms with Crippen molar-refractivity contribution in [2.75, 3.05) is 5.75 Å². The van der Waals surface area contributed by atoms with Gasteiger partial charge in [-0.3, -0.25) is 0 Å². The minimum atomic E-state index is -0.881. The van der Waals surface area contributed by atoms with E-state index in [1.165, 1.54) is 5.56 Å². The van der Waals surface area contributed by atoms with Gasteiger partial charge >= 0.3 is 0 Å². The summed E-state index contributed by atoms with van der Waals surface area (Å²) in [6.45, 7) is 5.85. The number of aromatic nitrogens is 12. The maximum Gasteiger partial charge on any atom is 0.143 e. The summed E-state index contributed by atoms with van der Waals surface area (Å²) in [5, 5.41) is 74.3. The molecule has 15 atom stereocenters. The summed E-state index contributed by atoms with van der Waals surface area (Å²) in [6, 6.07) is 29.9. The fourth-order valence-electron chi connectivity index (χ4n) is 16.8. The van der Waals surface area contributed by atoms with Gasteiger partial charge in [0, 0.05) is 90.0 Å². The highest BCUT2D eigenvalue weighted by molar-refractivity contribution is 9.11. The van der Waals surface area contributed by atoms with Crippen molar-refractivity contribution in [3.05, 3.63) is 216 Å². The van der Waals surface area contributed by atoms with E-state index < -0.39 is 47.5 Å². The number of allylic oxidation sites excluding steroid dienone is 2. The van der Waals surface area contributed by atoms with Gasteiger partial charge < -0.3 is 44.3 Å². The molecule has 18 rings (SSSR count). The second-order valence-electron chi connectivity index (χ2n) is 27.7. The van der Waals surface area contributed by atoms with E-state index in [9.17, 15) is 30.6 Å². The van der Waals surface area contributed by atoms with Gasteiger partial charge in [-0.25, -0.2) is 44.9 Å². The van der Waals surface area contributed by atoms with Gasteiger partial charge in [-0.2, -0.15) is 11.8 Å². The monoisotopic (exact) mass is 1590 g/mol. The molecule has 506 valence electrons. The molecule has 3 saturated carbocycles. The van der Waals surface area contributed by atoms with Crippen LogP contribution in [0.15, 0.2) is 166 Å². The van der Waals surface area contributed by atoms with Crippen LogP contribution in [0.5, 0.6) is 0 Å². The van der Waals surface area contributed by atoms with Crippen LogP contribution >= 0.6 is 94.4 Å². The van der Waals surface area contributed by atoms with Crippen molar-refractivity contribution in [1.29, 1.82) is 0 Å². The summed E-state index contributed by atoms with van der Waals surface area (Å²) >= 11 is 30.8. The van der Waals surface area contributed by atoms with Crippen molar-refractivity contribution >= 4 is 160 Å². The lowest BCUT2D eigenvalue weighted by Crippen LogP contribution is -2.36. The molecule has 3 spiro atoms. The Bertz CT molecular complexity index is 5080. The van der Waals surface area contributed by atoms with Crippen molar-refractivity contribution in [2.45, 2.75) is 131 Å². The van der Waals surface area contributed by atoms with Crippen molar-refractivity contribution in [1.82, 2.24) is 58.6 Å². The number of thioether (sulfide) groups is 1. The van der Waals surface area contributed by atoms with E-state index in [2.05, 4.69) is 159 Å².